The number of amides is 1. The van der Waals surface area contributed by atoms with Gasteiger partial charge in [0.1, 0.15) is 6.10 Å². The van der Waals surface area contributed by atoms with Crippen LogP contribution in [-0.4, -0.2) is 35.0 Å². The highest BCUT2D eigenvalue weighted by Crippen LogP contribution is 2.32. The Morgan fingerprint density at radius 1 is 1.69 bits per heavy atom. The van der Waals surface area contributed by atoms with E-state index in [-0.39, 0.29) is 23.8 Å². The quantitative estimate of drug-likeness (QED) is 0.526. The summed E-state index contributed by atoms with van der Waals surface area (Å²) < 4.78 is 5.00. The number of aliphatic hydroxyl groups is 1. The van der Waals surface area contributed by atoms with Crippen molar-refractivity contribution in [2.45, 2.75) is 25.2 Å². The van der Waals surface area contributed by atoms with Gasteiger partial charge in [0.05, 0.1) is 6.04 Å². The monoisotopic (exact) mass is 183 g/mol. The number of carbonyl (C=O) groups is 2. The standard InChI is InChI=1S/C8H9NO4/c1-3(10)9-4-2-5(11)6(12)8-7(4)13-8/h2,4,7-8,11H,1H3,(H,9,10)/t4?,7-,8-/m0/s1. The van der Waals surface area contributed by atoms with Crippen LogP contribution in [0.25, 0.3) is 0 Å². The first-order chi connectivity index (χ1) is 6.09. The van der Waals surface area contributed by atoms with E-state index in [0.29, 0.717) is 0 Å². The molecule has 0 aromatic rings. The van der Waals surface area contributed by atoms with Crippen molar-refractivity contribution in [3.05, 3.63) is 11.8 Å². The van der Waals surface area contributed by atoms with Crippen molar-refractivity contribution in [2.75, 3.05) is 0 Å². The van der Waals surface area contributed by atoms with Crippen LogP contribution in [0.15, 0.2) is 11.8 Å². The minimum Gasteiger partial charge on any atom is -0.504 e. The molecule has 2 rings (SSSR count). The lowest BCUT2D eigenvalue weighted by Crippen LogP contribution is -2.40. The molecule has 1 aliphatic carbocycles. The number of fused-ring (bicyclic) bond motifs is 1. The second-order valence-electron chi connectivity index (χ2n) is 3.16. The molecular formula is C8H9NO4. The second kappa shape index (κ2) is 2.56. The first kappa shape index (κ1) is 8.25. The maximum absolute atomic E-state index is 11.0. The predicted molar refractivity (Wildman–Crippen MR) is 42.0 cm³/mol. The number of ether oxygens (including phenoxy) is 1. The number of ketones is 1. The fourth-order valence-electron chi connectivity index (χ4n) is 1.46. The molecule has 2 N–H and O–H groups in total. The Labute approximate surface area is 74.4 Å². The van der Waals surface area contributed by atoms with Crippen LogP contribution >= 0.6 is 0 Å². The average molecular weight is 183 g/mol. The van der Waals surface area contributed by atoms with Crippen LogP contribution in [0.5, 0.6) is 0 Å². The van der Waals surface area contributed by atoms with Crippen molar-refractivity contribution in [1.29, 1.82) is 0 Å². The highest BCUT2D eigenvalue weighted by molar-refractivity contribution is 6.00. The topological polar surface area (TPSA) is 78.9 Å². The van der Waals surface area contributed by atoms with E-state index in [0.717, 1.165) is 0 Å². The van der Waals surface area contributed by atoms with E-state index in [2.05, 4.69) is 5.32 Å². The van der Waals surface area contributed by atoms with Gasteiger partial charge in [0.15, 0.2) is 11.9 Å². The second-order valence-corrected chi connectivity index (χ2v) is 3.16. The van der Waals surface area contributed by atoms with Crippen molar-refractivity contribution >= 4 is 11.7 Å². The van der Waals surface area contributed by atoms with E-state index in [1.165, 1.54) is 13.0 Å². The summed E-state index contributed by atoms with van der Waals surface area (Å²) in [4.78, 5) is 21.7. The predicted octanol–water partition coefficient (Wildman–Crippen LogP) is -0.717. The first-order valence-corrected chi connectivity index (χ1v) is 3.97. The van der Waals surface area contributed by atoms with E-state index >= 15 is 0 Å². The van der Waals surface area contributed by atoms with Gasteiger partial charge >= 0.3 is 0 Å². The largest absolute Gasteiger partial charge is 0.504 e. The fraction of sp³-hybridized carbons (Fsp3) is 0.500. The minimum atomic E-state index is -0.554. The van der Waals surface area contributed by atoms with Crippen molar-refractivity contribution < 1.29 is 19.4 Å². The SMILES string of the molecule is CC(=O)NC1C=C(O)C(=O)[C@@H]2O[C@@H]12. The molecule has 5 heteroatoms. The van der Waals surface area contributed by atoms with Crippen LogP contribution in [-0.2, 0) is 14.3 Å². The van der Waals surface area contributed by atoms with Gasteiger partial charge in [-0.2, -0.15) is 0 Å². The van der Waals surface area contributed by atoms with Gasteiger partial charge in [-0.15, -0.1) is 0 Å². The molecule has 1 fully saturated rings. The van der Waals surface area contributed by atoms with E-state index in [9.17, 15) is 9.59 Å². The molecule has 5 nitrogen and oxygen atoms in total. The van der Waals surface area contributed by atoms with Gasteiger partial charge in [-0.25, -0.2) is 0 Å². The molecule has 0 radical (unpaired) electrons. The Morgan fingerprint density at radius 3 is 3.00 bits per heavy atom. The van der Waals surface area contributed by atoms with Crippen LogP contribution in [0.4, 0.5) is 0 Å². The highest BCUT2D eigenvalue weighted by atomic mass is 16.6. The maximum Gasteiger partial charge on any atom is 0.228 e. The number of epoxide rings is 1. The van der Waals surface area contributed by atoms with Crippen LogP contribution in [0, 0.1) is 0 Å². The molecule has 0 aromatic heterocycles. The van der Waals surface area contributed by atoms with E-state index in [1.54, 1.807) is 0 Å². The van der Waals surface area contributed by atoms with Crippen LogP contribution < -0.4 is 5.32 Å². The highest BCUT2D eigenvalue weighted by Gasteiger charge is 2.53. The zero-order valence-corrected chi connectivity index (χ0v) is 6.98. The molecule has 13 heavy (non-hydrogen) atoms. The van der Waals surface area contributed by atoms with Gasteiger partial charge in [0.25, 0.3) is 0 Å². The number of carbonyl (C=O) groups excluding carboxylic acids is 2. The number of hydrogen-bond donors (Lipinski definition) is 2. The summed E-state index contributed by atoms with van der Waals surface area (Å²) in [6.07, 6.45) is 0.479. The lowest BCUT2D eigenvalue weighted by atomic mass is 10.0. The Balaban J connectivity index is 2.14. The summed E-state index contributed by atoms with van der Waals surface area (Å²) in [7, 11) is 0. The summed E-state index contributed by atoms with van der Waals surface area (Å²) in [5, 5.41) is 11.7. The number of nitrogens with one attached hydrogen (secondary N) is 1. The molecule has 1 saturated heterocycles. The number of rotatable bonds is 1. The van der Waals surface area contributed by atoms with Crippen molar-refractivity contribution in [1.82, 2.24) is 5.32 Å². The molecule has 0 bridgehead atoms. The van der Waals surface area contributed by atoms with Gasteiger partial charge < -0.3 is 15.2 Å². The van der Waals surface area contributed by atoms with E-state index < -0.39 is 11.9 Å². The van der Waals surface area contributed by atoms with Gasteiger partial charge in [-0.3, -0.25) is 9.59 Å². The van der Waals surface area contributed by atoms with Gasteiger partial charge in [-0.1, -0.05) is 0 Å². The lowest BCUT2D eigenvalue weighted by molar-refractivity contribution is -0.121. The van der Waals surface area contributed by atoms with Gasteiger partial charge in [0, 0.05) is 6.92 Å². The minimum absolute atomic E-state index is 0.211. The third-order valence-corrected chi connectivity index (χ3v) is 2.10. The van der Waals surface area contributed by atoms with Crippen molar-refractivity contribution in [3.8, 4) is 0 Å². The molecule has 1 heterocycles. The fourth-order valence-corrected chi connectivity index (χ4v) is 1.46. The molecule has 1 amide bonds. The molecular weight excluding hydrogens is 174 g/mol. The number of aliphatic hydroxyl groups excluding tert-OH is 1. The Morgan fingerprint density at radius 2 is 2.38 bits per heavy atom. The number of hydrogen-bond acceptors (Lipinski definition) is 4. The van der Waals surface area contributed by atoms with Crippen molar-refractivity contribution in [3.63, 3.8) is 0 Å². The third kappa shape index (κ3) is 1.31. The summed E-state index contributed by atoms with van der Waals surface area (Å²) in [5.74, 6) is -0.929. The Bertz CT molecular complexity index is 309. The molecule has 3 atom stereocenters. The average Bonchev–Trinajstić information content (AvgIpc) is 2.77. The molecule has 1 aliphatic heterocycles. The first-order valence-electron chi connectivity index (χ1n) is 3.97. The van der Waals surface area contributed by atoms with Gasteiger partial charge in [-0.05, 0) is 6.08 Å². The Hall–Kier alpha value is -1.36. The molecule has 2 aliphatic rings. The summed E-state index contributed by atoms with van der Waals surface area (Å²) in [6.45, 7) is 1.37. The van der Waals surface area contributed by atoms with Gasteiger partial charge in [0.2, 0.25) is 11.7 Å². The molecule has 0 saturated carbocycles. The third-order valence-electron chi connectivity index (χ3n) is 2.10. The van der Waals surface area contributed by atoms with E-state index in [1.807, 2.05) is 0 Å². The molecule has 70 valence electrons. The summed E-state index contributed by atoms with van der Waals surface area (Å²) in [6, 6.07) is -0.375. The van der Waals surface area contributed by atoms with Crippen molar-refractivity contribution in [2.24, 2.45) is 0 Å². The zero-order chi connectivity index (χ0) is 9.59. The summed E-state index contributed by atoms with van der Waals surface area (Å²) >= 11 is 0. The zero-order valence-electron chi connectivity index (χ0n) is 6.98. The maximum atomic E-state index is 11.0. The normalized spacial score (nSPS) is 36.2. The summed E-state index contributed by atoms with van der Waals surface area (Å²) in [5.41, 5.74) is 0. The molecule has 1 unspecified atom stereocenters. The van der Waals surface area contributed by atoms with Crippen LogP contribution in [0.3, 0.4) is 0 Å². The smallest absolute Gasteiger partial charge is 0.228 e. The number of Topliss-reactive ketones (excluding diaryl/α,β-unsaturated/α-hetero) is 1. The molecule has 0 spiro atoms. The van der Waals surface area contributed by atoms with E-state index in [4.69, 9.17) is 9.84 Å². The molecule has 0 aromatic carbocycles. The lowest BCUT2D eigenvalue weighted by Gasteiger charge is -2.14. The van der Waals surface area contributed by atoms with Crippen LogP contribution in [0.1, 0.15) is 6.92 Å². The van der Waals surface area contributed by atoms with Crippen LogP contribution in [0.2, 0.25) is 0 Å². The Kier molecular flexibility index (Phi) is 1.63.